The van der Waals surface area contributed by atoms with E-state index in [1.165, 1.54) is 19.8 Å². The van der Waals surface area contributed by atoms with Crippen LogP contribution in [0.5, 0.6) is 0 Å². The maximum absolute atomic E-state index is 12.1. The van der Waals surface area contributed by atoms with Crippen molar-refractivity contribution in [1.82, 2.24) is 0 Å². The van der Waals surface area contributed by atoms with Gasteiger partial charge in [-0.25, -0.2) is 0 Å². The summed E-state index contributed by atoms with van der Waals surface area (Å²) in [5.41, 5.74) is 2.23. The quantitative estimate of drug-likeness (QED) is 0.574. The van der Waals surface area contributed by atoms with Gasteiger partial charge in [0.2, 0.25) is 0 Å². The lowest BCUT2D eigenvalue weighted by atomic mass is 9.83. The summed E-state index contributed by atoms with van der Waals surface area (Å²) in [6.45, 7) is 3.25. The lowest BCUT2D eigenvalue weighted by Gasteiger charge is -2.23. The van der Waals surface area contributed by atoms with E-state index in [0.29, 0.717) is 26.1 Å². The molecule has 0 spiro atoms. The van der Waals surface area contributed by atoms with Crippen LogP contribution in [0, 0.1) is 5.41 Å². The van der Waals surface area contributed by atoms with Crippen molar-refractivity contribution in [3.8, 4) is 0 Å². The maximum Gasteiger partial charge on any atom is 0.323 e. The molecule has 0 fully saturated rings. The van der Waals surface area contributed by atoms with Gasteiger partial charge in [0.25, 0.3) is 0 Å². The summed E-state index contributed by atoms with van der Waals surface area (Å²) in [4.78, 5) is 24.3. The van der Waals surface area contributed by atoms with Gasteiger partial charge in [0.15, 0.2) is 5.41 Å². The lowest BCUT2D eigenvalue weighted by Crippen LogP contribution is -2.39. The zero-order chi connectivity index (χ0) is 15.5. The van der Waals surface area contributed by atoms with E-state index >= 15 is 0 Å². The summed E-state index contributed by atoms with van der Waals surface area (Å²) in [5.74, 6) is -1.02. The Morgan fingerprint density at radius 3 is 2.38 bits per heavy atom. The molecule has 0 unspecified atom stereocenters. The molecule has 0 atom stereocenters. The zero-order valence-electron chi connectivity index (χ0n) is 12.9. The van der Waals surface area contributed by atoms with Crippen molar-refractivity contribution in [3.63, 3.8) is 0 Å². The van der Waals surface area contributed by atoms with Gasteiger partial charge in [-0.05, 0) is 43.8 Å². The van der Waals surface area contributed by atoms with Crippen molar-refractivity contribution in [1.29, 1.82) is 0 Å². The Labute approximate surface area is 124 Å². The largest absolute Gasteiger partial charge is 0.468 e. The van der Waals surface area contributed by atoms with Crippen LogP contribution in [0.15, 0.2) is 22.8 Å². The lowest BCUT2D eigenvalue weighted by molar-refractivity contribution is -0.168. The van der Waals surface area contributed by atoms with Gasteiger partial charge < -0.3 is 14.2 Å². The van der Waals surface area contributed by atoms with Gasteiger partial charge >= 0.3 is 11.9 Å². The molecule has 0 bridgehead atoms. The number of hydrogen-bond acceptors (Lipinski definition) is 5. The predicted molar refractivity (Wildman–Crippen MR) is 76.5 cm³/mol. The van der Waals surface area contributed by atoms with Gasteiger partial charge in [0.05, 0.1) is 20.8 Å². The topological polar surface area (TPSA) is 61.8 Å². The third-order valence-corrected chi connectivity index (χ3v) is 4.23. The van der Waals surface area contributed by atoms with Gasteiger partial charge in [-0.2, -0.15) is 0 Å². The number of carbonyl (C=O) groups is 2. The van der Waals surface area contributed by atoms with E-state index in [2.05, 4.69) is 6.08 Å². The molecule has 2 rings (SSSR count). The first-order valence-corrected chi connectivity index (χ1v) is 7.22. The number of esters is 2. The van der Waals surface area contributed by atoms with Gasteiger partial charge in [-0.1, -0.05) is 11.6 Å². The molecular formula is C16H22O5. The third-order valence-electron chi connectivity index (χ3n) is 4.23. The minimum atomic E-state index is -1.20. The van der Waals surface area contributed by atoms with Crippen molar-refractivity contribution in [2.45, 2.75) is 32.6 Å². The molecule has 5 nitrogen and oxygen atoms in total. The maximum atomic E-state index is 12.1. The Kier molecular flexibility index (Phi) is 4.83. The van der Waals surface area contributed by atoms with Crippen molar-refractivity contribution in [2.75, 3.05) is 27.4 Å². The minimum Gasteiger partial charge on any atom is -0.468 e. The van der Waals surface area contributed by atoms with Crippen LogP contribution >= 0.6 is 0 Å². The Hall–Kier alpha value is -1.62. The molecule has 0 aliphatic heterocycles. The molecule has 5 heteroatoms. The van der Waals surface area contributed by atoms with Gasteiger partial charge in [0, 0.05) is 6.61 Å². The van der Waals surface area contributed by atoms with E-state index in [1.807, 2.05) is 6.92 Å². The smallest absolute Gasteiger partial charge is 0.323 e. The van der Waals surface area contributed by atoms with Crippen LogP contribution in [-0.2, 0) is 23.8 Å². The van der Waals surface area contributed by atoms with Gasteiger partial charge in [-0.15, -0.1) is 0 Å². The second-order valence-corrected chi connectivity index (χ2v) is 5.49. The van der Waals surface area contributed by atoms with Crippen LogP contribution in [0.3, 0.4) is 0 Å². The summed E-state index contributed by atoms with van der Waals surface area (Å²) in [5, 5.41) is 0. The second kappa shape index (κ2) is 6.43. The first-order valence-electron chi connectivity index (χ1n) is 7.22. The SMILES string of the molecule is CCOCC1=CC2=C(CC1)CC(C(=O)OC)(C(=O)OC)C2. The summed E-state index contributed by atoms with van der Waals surface area (Å²) < 4.78 is 15.1. The number of hydrogen-bond donors (Lipinski definition) is 0. The summed E-state index contributed by atoms with van der Waals surface area (Å²) in [7, 11) is 2.61. The van der Waals surface area contributed by atoms with E-state index in [1.54, 1.807) is 0 Å². The minimum absolute atomic E-state index is 0.358. The highest BCUT2D eigenvalue weighted by Crippen LogP contribution is 2.48. The van der Waals surface area contributed by atoms with Crippen molar-refractivity contribution in [2.24, 2.45) is 5.41 Å². The molecule has 2 aliphatic carbocycles. The van der Waals surface area contributed by atoms with Crippen LogP contribution in [0.4, 0.5) is 0 Å². The molecule has 0 saturated heterocycles. The number of carbonyl (C=O) groups excluding carboxylic acids is 2. The zero-order valence-corrected chi connectivity index (χ0v) is 12.9. The predicted octanol–water partition coefficient (Wildman–Crippen LogP) is 2.17. The van der Waals surface area contributed by atoms with Crippen LogP contribution in [0.25, 0.3) is 0 Å². The summed E-state index contributed by atoms with van der Waals surface area (Å²) in [6.07, 6.45) is 4.61. The van der Waals surface area contributed by atoms with Crippen LogP contribution in [-0.4, -0.2) is 39.4 Å². The van der Waals surface area contributed by atoms with E-state index in [9.17, 15) is 9.59 Å². The van der Waals surface area contributed by atoms with E-state index in [4.69, 9.17) is 14.2 Å². The van der Waals surface area contributed by atoms with Crippen LogP contribution in [0.1, 0.15) is 32.6 Å². The highest BCUT2D eigenvalue weighted by Gasteiger charge is 2.53. The molecule has 0 aromatic carbocycles. The molecule has 0 radical (unpaired) electrons. The second-order valence-electron chi connectivity index (χ2n) is 5.49. The molecule has 0 N–H and O–H groups in total. The molecule has 0 saturated carbocycles. The fourth-order valence-electron chi connectivity index (χ4n) is 3.13. The molecule has 0 amide bonds. The van der Waals surface area contributed by atoms with E-state index in [0.717, 1.165) is 24.0 Å². The monoisotopic (exact) mass is 294 g/mol. The number of methoxy groups -OCH3 is 2. The average molecular weight is 294 g/mol. The van der Waals surface area contributed by atoms with Crippen molar-refractivity contribution in [3.05, 3.63) is 22.8 Å². The molecule has 0 heterocycles. The number of allylic oxidation sites excluding steroid dienone is 3. The Morgan fingerprint density at radius 2 is 1.81 bits per heavy atom. The fraction of sp³-hybridized carbons (Fsp3) is 0.625. The molecule has 0 aromatic rings. The standard InChI is InChI=1S/C16H22O5/c1-4-21-10-11-5-6-12-8-16(14(17)19-2,15(18)20-3)9-13(12)7-11/h7H,4-6,8-10H2,1-3H3. The van der Waals surface area contributed by atoms with Crippen molar-refractivity contribution >= 4 is 11.9 Å². The van der Waals surface area contributed by atoms with Crippen molar-refractivity contribution < 1.29 is 23.8 Å². The Morgan fingerprint density at radius 1 is 1.14 bits per heavy atom. The molecule has 0 aromatic heterocycles. The van der Waals surface area contributed by atoms with E-state index < -0.39 is 17.4 Å². The van der Waals surface area contributed by atoms with E-state index in [-0.39, 0.29) is 0 Å². The molecule has 116 valence electrons. The summed E-state index contributed by atoms with van der Waals surface area (Å²) >= 11 is 0. The van der Waals surface area contributed by atoms with Gasteiger partial charge in [-0.3, -0.25) is 9.59 Å². The molecule has 2 aliphatic rings. The van der Waals surface area contributed by atoms with Crippen LogP contribution < -0.4 is 0 Å². The fourth-order valence-corrected chi connectivity index (χ4v) is 3.13. The summed E-state index contributed by atoms with van der Waals surface area (Å²) in [6, 6.07) is 0. The first kappa shape index (κ1) is 15.8. The Balaban J connectivity index is 2.21. The Bertz CT molecular complexity index is 485. The van der Waals surface area contributed by atoms with Gasteiger partial charge in [0.1, 0.15) is 0 Å². The molecule has 21 heavy (non-hydrogen) atoms. The average Bonchev–Trinajstić information content (AvgIpc) is 2.91. The first-order chi connectivity index (χ1) is 10.1. The normalized spacial score (nSPS) is 19.9. The third kappa shape index (κ3) is 2.88. The highest BCUT2D eigenvalue weighted by molar-refractivity contribution is 6.01. The number of ether oxygens (including phenoxy) is 3. The highest BCUT2D eigenvalue weighted by atomic mass is 16.5. The number of rotatable bonds is 5. The van der Waals surface area contributed by atoms with Crippen LogP contribution in [0.2, 0.25) is 0 Å². The molecular weight excluding hydrogens is 272 g/mol.